The van der Waals surface area contributed by atoms with Crippen LogP contribution in [0.5, 0.6) is 0 Å². The van der Waals surface area contributed by atoms with Crippen LogP contribution in [0.1, 0.15) is 11.1 Å². The normalized spacial score (nSPS) is 14.8. The van der Waals surface area contributed by atoms with E-state index in [0.717, 1.165) is 41.1 Å². The van der Waals surface area contributed by atoms with Crippen LogP contribution < -0.4 is 0 Å². The molecule has 1 aliphatic heterocycles. The van der Waals surface area contributed by atoms with Gasteiger partial charge in [0.15, 0.2) is 5.76 Å². The van der Waals surface area contributed by atoms with Crippen molar-refractivity contribution in [3.05, 3.63) is 78.0 Å². The van der Waals surface area contributed by atoms with Gasteiger partial charge in [-0.2, -0.15) is 10.2 Å². The first-order chi connectivity index (χ1) is 14.3. The number of furan rings is 1. The highest BCUT2D eigenvalue weighted by Crippen LogP contribution is 2.28. The average molecular weight is 386 g/mol. The molecule has 0 saturated carbocycles. The molecule has 4 aromatic rings. The van der Waals surface area contributed by atoms with Crippen LogP contribution in [-0.2, 0) is 11.3 Å². The van der Waals surface area contributed by atoms with Crippen LogP contribution in [0.3, 0.4) is 0 Å². The van der Waals surface area contributed by atoms with E-state index < -0.39 is 0 Å². The van der Waals surface area contributed by atoms with Crippen LogP contribution in [0.4, 0.5) is 0 Å². The first-order valence-electron chi connectivity index (χ1n) is 9.82. The number of fused-ring (bicyclic) bond motifs is 1. The van der Waals surface area contributed by atoms with Crippen molar-refractivity contribution < 1.29 is 9.15 Å². The highest BCUT2D eigenvalue weighted by atomic mass is 16.5. The lowest BCUT2D eigenvalue weighted by atomic mass is 10.2. The number of ether oxygens (including phenoxy) is 1. The van der Waals surface area contributed by atoms with Crippen molar-refractivity contribution in [1.82, 2.24) is 14.8 Å². The highest BCUT2D eigenvalue weighted by Gasteiger charge is 2.16. The molecule has 6 nitrogen and oxygen atoms in total. The van der Waals surface area contributed by atoms with E-state index in [9.17, 15) is 0 Å². The zero-order chi connectivity index (χ0) is 19.5. The van der Waals surface area contributed by atoms with E-state index >= 15 is 0 Å². The van der Waals surface area contributed by atoms with Gasteiger partial charge < -0.3 is 9.15 Å². The summed E-state index contributed by atoms with van der Waals surface area (Å²) in [6.45, 7) is 3.71. The van der Waals surface area contributed by atoms with Gasteiger partial charge in [0.1, 0.15) is 11.3 Å². The summed E-state index contributed by atoms with van der Waals surface area (Å²) in [6.07, 6.45) is 3.90. The zero-order valence-electron chi connectivity index (χ0n) is 16.1. The quantitative estimate of drug-likeness (QED) is 0.486. The lowest BCUT2D eigenvalue weighted by Gasteiger charge is -2.23. The predicted octanol–water partition coefficient (Wildman–Crippen LogP) is 4.01. The molecule has 0 N–H and O–H groups in total. The van der Waals surface area contributed by atoms with E-state index in [1.54, 1.807) is 0 Å². The van der Waals surface area contributed by atoms with Crippen molar-refractivity contribution in [3.8, 4) is 11.5 Å². The summed E-state index contributed by atoms with van der Waals surface area (Å²) in [5, 5.41) is 12.6. The van der Waals surface area contributed by atoms with E-state index in [4.69, 9.17) is 14.3 Å². The summed E-state index contributed by atoms with van der Waals surface area (Å²) < 4.78 is 13.4. The number of benzene rings is 2. The maximum absolute atomic E-state index is 6.08. The van der Waals surface area contributed by atoms with Gasteiger partial charge >= 0.3 is 0 Å². The monoisotopic (exact) mass is 386 g/mol. The van der Waals surface area contributed by atoms with Crippen molar-refractivity contribution in [2.75, 3.05) is 26.3 Å². The Morgan fingerprint density at radius 1 is 1.00 bits per heavy atom. The zero-order valence-corrected chi connectivity index (χ0v) is 16.1. The Morgan fingerprint density at radius 3 is 2.62 bits per heavy atom. The SMILES string of the molecule is C(=N/N1CCOCC1)/c1cn(Cc2ccccc2)nc1-c1cc2ccccc2o1. The molecule has 146 valence electrons. The summed E-state index contributed by atoms with van der Waals surface area (Å²) in [6, 6.07) is 20.4. The lowest BCUT2D eigenvalue weighted by molar-refractivity contribution is 0.0397. The van der Waals surface area contributed by atoms with E-state index in [1.165, 1.54) is 5.56 Å². The minimum atomic E-state index is 0.694. The Labute approximate surface area is 169 Å². The highest BCUT2D eigenvalue weighted by molar-refractivity contribution is 5.90. The molecule has 1 saturated heterocycles. The molecule has 1 fully saturated rings. The summed E-state index contributed by atoms with van der Waals surface area (Å²) in [5.41, 5.74) is 3.79. The molecular formula is C23H22N4O2. The molecule has 0 unspecified atom stereocenters. The molecule has 0 atom stereocenters. The van der Waals surface area contributed by atoms with Gasteiger partial charge in [0.2, 0.25) is 0 Å². The minimum Gasteiger partial charge on any atom is -0.454 e. The molecule has 0 spiro atoms. The minimum absolute atomic E-state index is 0.694. The fourth-order valence-electron chi connectivity index (χ4n) is 3.49. The van der Waals surface area contributed by atoms with Crippen LogP contribution in [0.2, 0.25) is 0 Å². The Kier molecular flexibility index (Phi) is 4.84. The molecule has 29 heavy (non-hydrogen) atoms. The number of aromatic nitrogens is 2. The van der Waals surface area contributed by atoms with Crippen molar-refractivity contribution in [1.29, 1.82) is 0 Å². The van der Waals surface area contributed by atoms with Gasteiger partial charge in [-0.3, -0.25) is 9.69 Å². The van der Waals surface area contributed by atoms with Gasteiger partial charge in [-0.15, -0.1) is 0 Å². The Hall–Kier alpha value is -3.38. The number of morpholine rings is 1. The van der Waals surface area contributed by atoms with Crippen LogP contribution >= 0.6 is 0 Å². The van der Waals surface area contributed by atoms with E-state index in [1.807, 2.05) is 70.6 Å². The third kappa shape index (κ3) is 3.93. The molecule has 0 bridgehead atoms. The smallest absolute Gasteiger partial charge is 0.156 e. The summed E-state index contributed by atoms with van der Waals surface area (Å²) >= 11 is 0. The number of hydrazone groups is 1. The molecule has 5 rings (SSSR count). The van der Waals surface area contributed by atoms with Crippen LogP contribution in [0.25, 0.3) is 22.4 Å². The maximum atomic E-state index is 6.08. The van der Waals surface area contributed by atoms with Crippen LogP contribution in [0.15, 0.2) is 76.4 Å². The van der Waals surface area contributed by atoms with Gasteiger partial charge in [0.05, 0.1) is 39.1 Å². The molecule has 2 aromatic heterocycles. The fraction of sp³-hybridized carbons (Fsp3) is 0.217. The molecule has 1 aliphatic rings. The predicted molar refractivity (Wildman–Crippen MR) is 113 cm³/mol. The Morgan fingerprint density at radius 2 is 1.79 bits per heavy atom. The number of nitrogens with zero attached hydrogens (tertiary/aromatic N) is 4. The Balaban J connectivity index is 1.50. The molecule has 2 aromatic carbocycles. The second kappa shape index (κ2) is 7.93. The van der Waals surface area contributed by atoms with Gasteiger partial charge in [0, 0.05) is 17.1 Å². The molecule has 0 aliphatic carbocycles. The number of rotatable bonds is 5. The first-order valence-corrected chi connectivity index (χ1v) is 9.82. The lowest BCUT2D eigenvalue weighted by Crippen LogP contribution is -2.32. The summed E-state index contributed by atoms with van der Waals surface area (Å²) in [5.74, 6) is 0.751. The van der Waals surface area contributed by atoms with Crippen LogP contribution in [0, 0.1) is 0 Å². The van der Waals surface area contributed by atoms with Crippen LogP contribution in [-0.4, -0.2) is 47.3 Å². The fourth-order valence-corrected chi connectivity index (χ4v) is 3.49. The maximum Gasteiger partial charge on any atom is 0.156 e. The van der Waals surface area contributed by atoms with E-state index in [-0.39, 0.29) is 0 Å². The number of hydrogen-bond acceptors (Lipinski definition) is 5. The first kappa shape index (κ1) is 17.7. The molecule has 3 heterocycles. The Bertz CT molecular complexity index is 1090. The average Bonchev–Trinajstić information content (AvgIpc) is 3.37. The molecule has 0 radical (unpaired) electrons. The molecule has 6 heteroatoms. The van der Waals surface area contributed by atoms with Gasteiger partial charge in [-0.05, 0) is 17.7 Å². The van der Waals surface area contributed by atoms with E-state index in [2.05, 4.69) is 17.2 Å². The molecular weight excluding hydrogens is 364 g/mol. The van der Waals surface area contributed by atoms with Gasteiger partial charge in [-0.25, -0.2) is 0 Å². The van der Waals surface area contributed by atoms with Crippen molar-refractivity contribution in [2.24, 2.45) is 5.10 Å². The van der Waals surface area contributed by atoms with Crippen molar-refractivity contribution >= 4 is 17.2 Å². The van der Waals surface area contributed by atoms with Crippen molar-refractivity contribution in [2.45, 2.75) is 6.54 Å². The molecule has 0 amide bonds. The third-order valence-corrected chi connectivity index (χ3v) is 4.98. The summed E-state index contributed by atoms with van der Waals surface area (Å²) in [7, 11) is 0. The van der Waals surface area contributed by atoms with Gasteiger partial charge in [0.25, 0.3) is 0 Å². The largest absolute Gasteiger partial charge is 0.454 e. The second-order valence-corrected chi connectivity index (χ2v) is 7.08. The topological polar surface area (TPSA) is 55.8 Å². The number of hydrogen-bond donors (Lipinski definition) is 0. The van der Waals surface area contributed by atoms with E-state index in [0.29, 0.717) is 19.8 Å². The third-order valence-electron chi connectivity index (χ3n) is 4.98. The van der Waals surface area contributed by atoms with Gasteiger partial charge in [-0.1, -0.05) is 48.5 Å². The number of para-hydroxylation sites is 1. The standard InChI is InChI=1S/C23H22N4O2/c1-2-6-18(7-3-1)16-27-17-20(15-24-26-10-12-28-13-11-26)23(25-27)22-14-19-8-4-5-9-21(19)29-22/h1-9,14-15,17H,10-13,16H2/b24-15-. The van der Waals surface area contributed by atoms with Crippen molar-refractivity contribution in [3.63, 3.8) is 0 Å². The summed E-state index contributed by atoms with van der Waals surface area (Å²) in [4.78, 5) is 0. The second-order valence-electron chi connectivity index (χ2n) is 7.08.